The quantitative estimate of drug-likeness (QED) is 0.846. The SMILES string of the molecule is O=C(CCC=Cc1ccccc1)NCC1(O)CCSC1. The maximum atomic E-state index is 11.7. The average molecular weight is 291 g/mol. The molecule has 1 aliphatic heterocycles. The Morgan fingerprint density at radius 3 is 2.90 bits per heavy atom. The normalized spacial score (nSPS) is 22.2. The van der Waals surface area contributed by atoms with E-state index >= 15 is 0 Å². The summed E-state index contributed by atoms with van der Waals surface area (Å²) in [7, 11) is 0. The second-order valence-corrected chi connectivity index (χ2v) is 6.26. The van der Waals surface area contributed by atoms with Crippen molar-refractivity contribution in [1.29, 1.82) is 0 Å². The molecule has 3 nitrogen and oxygen atoms in total. The van der Waals surface area contributed by atoms with Crippen LogP contribution < -0.4 is 5.32 Å². The van der Waals surface area contributed by atoms with Gasteiger partial charge in [0.05, 0.1) is 5.60 Å². The van der Waals surface area contributed by atoms with Gasteiger partial charge in [-0.1, -0.05) is 42.5 Å². The molecule has 1 aromatic carbocycles. The van der Waals surface area contributed by atoms with Crippen molar-refractivity contribution in [2.24, 2.45) is 0 Å². The number of amides is 1. The molecule has 4 heteroatoms. The summed E-state index contributed by atoms with van der Waals surface area (Å²) in [6.45, 7) is 0.376. The van der Waals surface area contributed by atoms with E-state index < -0.39 is 5.60 Å². The third-order valence-corrected chi connectivity index (χ3v) is 4.58. The first kappa shape index (κ1) is 15.1. The predicted molar refractivity (Wildman–Crippen MR) is 84.6 cm³/mol. The molecule has 1 aliphatic rings. The number of thioether (sulfide) groups is 1. The Morgan fingerprint density at radius 1 is 1.40 bits per heavy atom. The van der Waals surface area contributed by atoms with E-state index in [4.69, 9.17) is 0 Å². The van der Waals surface area contributed by atoms with E-state index in [1.807, 2.05) is 42.5 Å². The van der Waals surface area contributed by atoms with Crippen molar-refractivity contribution in [3.05, 3.63) is 42.0 Å². The molecule has 0 bridgehead atoms. The van der Waals surface area contributed by atoms with Gasteiger partial charge in [0.25, 0.3) is 0 Å². The molecule has 1 atom stereocenters. The van der Waals surface area contributed by atoms with Crippen LogP contribution >= 0.6 is 11.8 Å². The maximum absolute atomic E-state index is 11.7. The molecule has 1 unspecified atom stereocenters. The fourth-order valence-corrected chi connectivity index (χ4v) is 3.38. The van der Waals surface area contributed by atoms with Gasteiger partial charge in [-0.3, -0.25) is 4.79 Å². The molecular weight excluding hydrogens is 270 g/mol. The summed E-state index contributed by atoms with van der Waals surface area (Å²) in [6.07, 6.45) is 5.98. The highest BCUT2D eigenvalue weighted by atomic mass is 32.2. The molecule has 0 spiro atoms. The van der Waals surface area contributed by atoms with E-state index in [-0.39, 0.29) is 5.91 Å². The van der Waals surface area contributed by atoms with Crippen LogP contribution in [0.25, 0.3) is 6.08 Å². The fourth-order valence-electron chi connectivity index (χ4n) is 2.09. The number of carbonyl (C=O) groups excluding carboxylic acids is 1. The van der Waals surface area contributed by atoms with E-state index in [0.717, 1.165) is 23.5 Å². The van der Waals surface area contributed by atoms with Gasteiger partial charge in [0, 0.05) is 18.7 Å². The van der Waals surface area contributed by atoms with Crippen molar-refractivity contribution < 1.29 is 9.90 Å². The van der Waals surface area contributed by atoms with Crippen molar-refractivity contribution >= 4 is 23.7 Å². The summed E-state index contributed by atoms with van der Waals surface area (Å²) in [6, 6.07) is 10.0. The highest BCUT2D eigenvalue weighted by Crippen LogP contribution is 2.26. The van der Waals surface area contributed by atoms with E-state index in [1.54, 1.807) is 11.8 Å². The number of carbonyl (C=O) groups is 1. The van der Waals surface area contributed by atoms with Gasteiger partial charge < -0.3 is 10.4 Å². The van der Waals surface area contributed by atoms with E-state index in [1.165, 1.54) is 0 Å². The number of benzene rings is 1. The topological polar surface area (TPSA) is 49.3 Å². The number of rotatable bonds is 6. The Hall–Kier alpha value is -1.26. The first-order valence-electron chi connectivity index (χ1n) is 6.96. The number of allylic oxidation sites excluding steroid dienone is 1. The first-order chi connectivity index (χ1) is 9.68. The summed E-state index contributed by atoms with van der Waals surface area (Å²) < 4.78 is 0. The largest absolute Gasteiger partial charge is 0.387 e. The highest BCUT2D eigenvalue weighted by Gasteiger charge is 2.31. The Balaban J connectivity index is 1.64. The fraction of sp³-hybridized carbons (Fsp3) is 0.438. The zero-order valence-electron chi connectivity index (χ0n) is 11.5. The van der Waals surface area contributed by atoms with Crippen LogP contribution in [0.15, 0.2) is 36.4 Å². The number of nitrogens with one attached hydrogen (secondary N) is 1. The Labute approximate surface area is 124 Å². The van der Waals surface area contributed by atoms with Gasteiger partial charge in [0.2, 0.25) is 5.91 Å². The monoisotopic (exact) mass is 291 g/mol. The second-order valence-electron chi connectivity index (χ2n) is 5.16. The zero-order chi connectivity index (χ0) is 14.3. The molecule has 0 radical (unpaired) electrons. The smallest absolute Gasteiger partial charge is 0.220 e. The first-order valence-corrected chi connectivity index (χ1v) is 8.12. The molecule has 1 saturated heterocycles. The summed E-state index contributed by atoms with van der Waals surface area (Å²) >= 11 is 1.74. The molecule has 108 valence electrons. The van der Waals surface area contributed by atoms with Gasteiger partial charge >= 0.3 is 0 Å². The van der Waals surface area contributed by atoms with E-state index in [9.17, 15) is 9.90 Å². The van der Waals surface area contributed by atoms with Gasteiger partial charge in [0.15, 0.2) is 0 Å². The van der Waals surface area contributed by atoms with E-state index in [2.05, 4.69) is 5.32 Å². The Morgan fingerprint density at radius 2 is 2.20 bits per heavy atom. The third-order valence-electron chi connectivity index (χ3n) is 3.35. The molecular formula is C16H21NO2S. The lowest BCUT2D eigenvalue weighted by Gasteiger charge is -2.21. The van der Waals surface area contributed by atoms with Crippen LogP contribution in [0.1, 0.15) is 24.8 Å². The molecule has 1 heterocycles. The Kier molecular flexibility index (Phi) is 5.68. The van der Waals surface area contributed by atoms with Crippen LogP contribution in [0.3, 0.4) is 0 Å². The number of hydrogen-bond donors (Lipinski definition) is 2. The third kappa shape index (κ3) is 5.02. The lowest BCUT2D eigenvalue weighted by molar-refractivity contribution is -0.122. The summed E-state index contributed by atoms with van der Waals surface area (Å²) in [5.74, 6) is 1.71. The predicted octanol–water partition coefficient (Wildman–Crippen LogP) is 2.46. The van der Waals surface area contributed by atoms with Crippen LogP contribution in [0.4, 0.5) is 0 Å². The summed E-state index contributed by atoms with van der Waals surface area (Å²) in [5, 5.41) is 12.9. The molecule has 0 aromatic heterocycles. The summed E-state index contributed by atoms with van der Waals surface area (Å²) in [5.41, 5.74) is 0.449. The average Bonchev–Trinajstić information content (AvgIpc) is 2.90. The lowest BCUT2D eigenvalue weighted by Crippen LogP contribution is -2.42. The van der Waals surface area contributed by atoms with Crippen molar-refractivity contribution in [2.75, 3.05) is 18.1 Å². The van der Waals surface area contributed by atoms with Gasteiger partial charge in [-0.15, -0.1) is 0 Å². The maximum Gasteiger partial charge on any atom is 0.220 e. The van der Waals surface area contributed by atoms with Gasteiger partial charge in [0.1, 0.15) is 0 Å². The van der Waals surface area contributed by atoms with Crippen LogP contribution in [0.2, 0.25) is 0 Å². The minimum Gasteiger partial charge on any atom is -0.387 e. The van der Waals surface area contributed by atoms with Crippen LogP contribution in [0.5, 0.6) is 0 Å². The van der Waals surface area contributed by atoms with Crippen LogP contribution in [-0.4, -0.2) is 34.7 Å². The molecule has 1 fully saturated rings. The van der Waals surface area contributed by atoms with Crippen molar-refractivity contribution in [1.82, 2.24) is 5.32 Å². The van der Waals surface area contributed by atoms with Gasteiger partial charge in [-0.05, 0) is 24.2 Å². The van der Waals surface area contributed by atoms with E-state index in [0.29, 0.717) is 19.4 Å². The Bertz CT molecular complexity index is 453. The van der Waals surface area contributed by atoms with Crippen molar-refractivity contribution in [3.8, 4) is 0 Å². The molecule has 0 aliphatic carbocycles. The van der Waals surface area contributed by atoms with Gasteiger partial charge in [-0.25, -0.2) is 0 Å². The molecule has 20 heavy (non-hydrogen) atoms. The molecule has 1 amide bonds. The van der Waals surface area contributed by atoms with Crippen molar-refractivity contribution in [2.45, 2.75) is 24.9 Å². The second kappa shape index (κ2) is 7.50. The number of hydrogen-bond acceptors (Lipinski definition) is 3. The minimum absolute atomic E-state index is 0.00744. The number of aliphatic hydroxyl groups is 1. The minimum atomic E-state index is -0.694. The summed E-state index contributed by atoms with van der Waals surface area (Å²) in [4.78, 5) is 11.7. The molecule has 2 rings (SSSR count). The molecule has 1 aromatic rings. The van der Waals surface area contributed by atoms with Crippen molar-refractivity contribution in [3.63, 3.8) is 0 Å². The zero-order valence-corrected chi connectivity index (χ0v) is 12.4. The van der Waals surface area contributed by atoms with Crippen LogP contribution in [-0.2, 0) is 4.79 Å². The molecule has 0 saturated carbocycles. The van der Waals surface area contributed by atoms with Crippen LogP contribution in [0, 0.1) is 0 Å². The molecule has 2 N–H and O–H groups in total. The highest BCUT2D eigenvalue weighted by molar-refractivity contribution is 7.99. The lowest BCUT2D eigenvalue weighted by atomic mass is 10.0. The van der Waals surface area contributed by atoms with Gasteiger partial charge in [-0.2, -0.15) is 11.8 Å². The standard InChI is InChI=1S/C16H21NO2S/c18-15(17-12-16(19)10-11-20-13-16)9-5-4-8-14-6-2-1-3-7-14/h1-4,6-8,19H,5,9-13H2,(H,17,18).